The molecule has 2 saturated carbocycles. The molecule has 4 atom stereocenters. The fourth-order valence-electron chi connectivity index (χ4n) is 5.25. The van der Waals surface area contributed by atoms with Crippen LogP contribution >= 0.6 is 0 Å². The maximum Gasteiger partial charge on any atom is 0.338 e. The van der Waals surface area contributed by atoms with Crippen LogP contribution in [0.5, 0.6) is 0 Å². The zero-order chi connectivity index (χ0) is 20.8. The van der Waals surface area contributed by atoms with Gasteiger partial charge in [0, 0.05) is 12.2 Å². The first-order valence-corrected chi connectivity index (χ1v) is 11.2. The molecule has 0 saturated heterocycles. The molecular weight excluding hydrogens is 374 g/mol. The molecule has 5 heteroatoms. The summed E-state index contributed by atoms with van der Waals surface area (Å²) < 4.78 is 40.0. The summed E-state index contributed by atoms with van der Waals surface area (Å²) in [6.07, 6.45) is 11.0. The molecule has 4 unspecified atom stereocenters. The third-order valence-corrected chi connectivity index (χ3v) is 6.82. The summed E-state index contributed by atoms with van der Waals surface area (Å²) in [5.74, 6) is -0.981. The van der Waals surface area contributed by atoms with Crippen LogP contribution in [0.4, 0.5) is 8.78 Å². The van der Waals surface area contributed by atoms with Crippen molar-refractivity contribution in [3.05, 3.63) is 34.9 Å². The molecule has 0 aliphatic heterocycles. The first kappa shape index (κ1) is 22.2. The van der Waals surface area contributed by atoms with Crippen LogP contribution in [0.3, 0.4) is 0 Å². The quantitative estimate of drug-likeness (QED) is 0.369. The minimum absolute atomic E-state index is 0.0727. The number of carbonyl (C=O) groups excluding carboxylic acids is 1. The number of benzene rings is 1. The van der Waals surface area contributed by atoms with Crippen LogP contribution < -0.4 is 0 Å². The molecule has 2 aliphatic carbocycles. The molecule has 3 rings (SSSR count). The van der Waals surface area contributed by atoms with Gasteiger partial charge in [0.1, 0.15) is 11.6 Å². The first-order valence-electron chi connectivity index (χ1n) is 11.2. The number of rotatable bonds is 8. The number of hydrogen-bond donors (Lipinski definition) is 0. The van der Waals surface area contributed by atoms with Crippen molar-refractivity contribution < 1.29 is 23.0 Å². The van der Waals surface area contributed by atoms with E-state index in [1.54, 1.807) is 0 Å². The highest BCUT2D eigenvalue weighted by molar-refractivity contribution is 5.89. The minimum atomic E-state index is -0.717. The van der Waals surface area contributed by atoms with Crippen molar-refractivity contribution in [2.24, 2.45) is 11.8 Å². The third kappa shape index (κ3) is 5.56. The van der Waals surface area contributed by atoms with E-state index in [0.29, 0.717) is 17.9 Å². The van der Waals surface area contributed by atoms with Gasteiger partial charge in [-0.15, -0.1) is 0 Å². The lowest BCUT2D eigenvalue weighted by Crippen LogP contribution is -2.34. The summed E-state index contributed by atoms with van der Waals surface area (Å²) in [7, 11) is 1.21. The Hall–Kier alpha value is -1.49. The Kier molecular flexibility index (Phi) is 8.05. The molecule has 29 heavy (non-hydrogen) atoms. The number of ether oxygens (including phenoxy) is 2. The Morgan fingerprint density at radius 2 is 1.69 bits per heavy atom. The van der Waals surface area contributed by atoms with Crippen molar-refractivity contribution in [2.75, 3.05) is 13.7 Å². The van der Waals surface area contributed by atoms with E-state index in [2.05, 4.69) is 11.7 Å². The van der Waals surface area contributed by atoms with Gasteiger partial charge in [-0.3, -0.25) is 0 Å². The minimum Gasteiger partial charge on any atom is -0.465 e. The predicted octanol–water partition coefficient (Wildman–Crippen LogP) is 6.40. The van der Waals surface area contributed by atoms with Gasteiger partial charge < -0.3 is 9.47 Å². The molecule has 1 aromatic carbocycles. The highest BCUT2D eigenvalue weighted by Gasteiger charge is 2.38. The van der Waals surface area contributed by atoms with E-state index in [4.69, 9.17) is 4.74 Å². The van der Waals surface area contributed by atoms with Gasteiger partial charge in [0.2, 0.25) is 0 Å². The molecule has 0 radical (unpaired) electrons. The van der Waals surface area contributed by atoms with Gasteiger partial charge in [-0.05, 0) is 74.8 Å². The molecule has 2 fully saturated rings. The van der Waals surface area contributed by atoms with Crippen molar-refractivity contribution in [1.82, 2.24) is 0 Å². The molecule has 162 valence electrons. The Labute approximate surface area is 173 Å². The predicted molar refractivity (Wildman–Crippen MR) is 109 cm³/mol. The molecule has 1 aromatic rings. The van der Waals surface area contributed by atoms with Crippen molar-refractivity contribution >= 4 is 5.97 Å². The maximum atomic E-state index is 14.6. The van der Waals surface area contributed by atoms with Crippen LogP contribution in [0.15, 0.2) is 12.1 Å². The molecule has 0 aromatic heterocycles. The fraction of sp³-hybridized carbons (Fsp3) is 0.708. The summed E-state index contributed by atoms with van der Waals surface area (Å²) in [6, 6.07) is 2.22. The van der Waals surface area contributed by atoms with Crippen LogP contribution in [0.25, 0.3) is 0 Å². The maximum absolute atomic E-state index is 14.6. The number of fused-ring (bicyclic) bond motifs is 1. The number of unbranched alkanes of at least 4 members (excludes halogenated alkanes) is 3. The third-order valence-electron chi connectivity index (χ3n) is 6.82. The van der Waals surface area contributed by atoms with E-state index in [1.165, 1.54) is 26.4 Å². The van der Waals surface area contributed by atoms with Gasteiger partial charge in [-0.1, -0.05) is 26.2 Å². The monoisotopic (exact) mass is 408 g/mol. The number of esters is 1. The van der Waals surface area contributed by atoms with Crippen molar-refractivity contribution in [2.45, 2.75) is 83.2 Å². The summed E-state index contributed by atoms with van der Waals surface area (Å²) in [4.78, 5) is 11.6. The van der Waals surface area contributed by atoms with Crippen LogP contribution in [-0.2, 0) is 9.47 Å². The van der Waals surface area contributed by atoms with Crippen LogP contribution in [0, 0.1) is 23.5 Å². The first-order chi connectivity index (χ1) is 14.0. The average Bonchev–Trinajstić information content (AvgIpc) is 2.72. The second-order valence-electron chi connectivity index (χ2n) is 8.74. The smallest absolute Gasteiger partial charge is 0.338 e. The average molecular weight is 409 g/mol. The summed E-state index contributed by atoms with van der Waals surface area (Å²) >= 11 is 0. The lowest BCUT2D eigenvalue weighted by molar-refractivity contribution is -0.0166. The zero-order valence-corrected chi connectivity index (χ0v) is 17.7. The Bertz CT molecular complexity index is 668. The Morgan fingerprint density at radius 1 is 1.00 bits per heavy atom. The molecule has 3 nitrogen and oxygen atoms in total. The van der Waals surface area contributed by atoms with Crippen molar-refractivity contribution in [1.29, 1.82) is 0 Å². The van der Waals surface area contributed by atoms with Crippen molar-refractivity contribution in [3.63, 3.8) is 0 Å². The van der Waals surface area contributed by atoms with Crippen molar-refractivity contribution in [3.8, 4) is 0 Å². The number of methoxy groups -OCH3 is 1. The van der Waals surface area contributed by atoms with E-state index in [1.807, 2.05) is 0 Å². The molecule has 0 bridgehead atoms. The highest BCUT2D eigenvalue weighted by Crippen LogP contribution is 2.47. The molecule has 0 amide bonds. The standard InChI is InChI=1S/C24H34F2O3/c1-3-4-5-6-11-29-20-10-9-16-12-18(8-7-17(16)13-20)23-21(25)14-19(15-22(23)26)24(27)28-2/h14-18,20H,3-13H2,1-2H3. The number of halogens is 2. The van der Waals surface area contributed by atoms with Gasteiger partial charge in [-0.2, -0.15) is 0 Å². The summed E-state index contributed by atoms with van der Waals surface area (Å²) in [5, 5.41) is 0. The molecule has 0 spiro atoms. The molecule has 0 heterocycles. The summed E-state index contributed by atoms with van der Waals surface area (Å²) in [5.41, 5.74) is 0.0712. The Balaban J connectivity index is 1.55. The van der Waals surface area contributed by atoms with Crippen LogP contribution in [0.2, 0.25) is 0 Å². The topological polar surface area (TPSA) is 35.5 Å². The molecular formula is C24H34F2O3. The van der Waals surface area contributed by atoms with E-state index in [-0.39, 0.29) is 17.0 Å². The molecule has 2 aliphatic rings. The Morgan fingerprint density at radius 3 is 2.38 bits per heavy atom. The highest BCUT2D eigenvalue weighted by atomic mass is 19.1. The van der Waals surface area contributed by atoms with Crippen LogP contribution in [-0.4, -0.2) is 25.8 Å². The number of hydrogen-bond acceptors (Lipinski definition) is 3. The lowest BCUT2D eigenvalue weighted by Gasteiger charge is -2.42. The normalized spacial score (nSPS) is 26.8. The SMILES string of the molecule is CCCCCCOC1CCC2CC(c3c(F)cc(C(=O)OC)cc3F)CCC2C1. The van der Waals surface area contributed by atoms with Gasteiger partial charge in [0.15, 0.2) is 0 Å². The van der Waals surface area contributed by atoms with E-state index in [0.717, 1.165) is 63.7 Å². The van der Waals surface area contributed by atoms with Gasteiger partial charge >= 0.3 is 5.97 Å². The fourth-order valence-corrected chi connectivity index (χ4v) is 5.25. The van der Waals surface area contributed by atoms with Gasteiger partial charge in [0.25, 0.3) is 0 Å². The molecule has 0 N–H and O–H groups in total. The number of carbonyl (C=O) groups is 1. The van der Waals surface area contributed by atoms with E-state index < -0.39 is 17.6 Å². The zero-order valence-electron chi connectivity index (χ0n) is 17.7. The van der Waals surface area contributed by atoms with E-state index in [9.17, 15) is 13.6 Å². The van der Waals surface area contributed by atoms with E-state index >= 15 is 0 Å². The second kappa shape index (κ2) is 10.5. The largest absolute Gasteiger partial charge is 0.465 e. The lowest BCUT2D eigenvalue weighted by atomic mass is 9.65. The second-order valence-corrected chi connectivity index (χ2v) is 8.74. The van der Waals surface area contributed by atoms with Crippen LogP contribution in [0.1, 0.15) is 93.0 Å². The van der Waals surface area contributed by atoms with Gasteiger partial charge in [-0.25, -0.2) is 13.6 Å². The summed E-state index contributed by atoms with van der Waals surface area (Å²) in [6.45, 7) is 3.07. The van der Waals surface area contributed by atoms with Gasteiger partial charge in [0.05, 0.1) is 18.8 Å².